The SMILES string of the molecule is COc1cc2c(cc1OC)C(=C1C(=O)NC(=O)NC1=O)CC2.COc1cc2c(cc1OC)C(=O)CC2.O=C1CC(=O)NC(=O)N1. The molecule has 0 radical (unpaired) electrons. The summed E-state index contributed by atoms with van der Waals surface area (Å²) in [4.78, 5) is 77.4. The lowest BCUT2D eigenvalue weighted by Gasteiger charge is -2.17. The van der Waals surface area contributed by atoms with Gasteiger partial charge >= 0.3 is 12.1 Å². The summed E-state index contributed by atoms with van der Waals surface area (Å²) in [7, 11) is 6.24. The Morgan fingerprint density at radius 1 is 0.511 bits per heavy atom. The second-order valence-corrected chi connectivity index (χ2v) is 9.85. The van der Waals surface area contributed by atoms with E-state index in [0.717, 1.165) is 28.7 Å². The van der Waals surface area contributed by atoms with Gasteiger partial charge < -0.3 is 18.9 Å². The Morgan fingerprint density at radius 2 is 0.933 bits per heavy atom. The standard InChI is InChI=1S/C15H14N2O5.C11H12O3.C4H4N2O3/c1-21-10-5-7-3-4-8(9(7)6-11(10)22-2)12-13(18)16-15(20)17-14(12)19;1-13-10-5-7-3-4-9(12)8(7)6-11(10)14-2;7-2-1-3(8)6-4(9)5-2/h5-6H,3-4H2,1-2H3,(H2,16,17,18,19,20);5-6H,3-4H2,1-2H3;1H2,(H2,5,6,7,8,9). The maximum absolute atomic E-state index is 12.0. The Kier molecular flexibility index (Phi) is 9.81. The van der Waals surface area contributed by atoms with E-state index in [9.17, 15) is 33.6 Å². The van der Waals surface area contributed by atoms with Crippen molar-refractivity contribution < 1.29 is 52.5 Å². The fourth-order valence-corrected chi connectivity index (χ4v) is 5.09. The highest BCUT2D eigenvalue weighted by Gasteiger charge is 2.34. The van der Waals surface area contributed by atoms with E-state index in [4.69, 9.17) is 18.9 Å². The number of imide groups is 4. The minimum absolute atomic E-state index is 0.0226. The van der Waals surface area contributed by atoms with Gasteiger partial charge in [-0.3, -0.25) is 45.2 Å². The third-order valence-corrected chi connectivity index (χ3v) is 7.15. The lowest BCUT2D eigenvalue weighted by molar-refractivity contribution is -0.130. The average molecular weight is 623 g/mol. The van der Waals surface area contributed by atoms with E-state index in [2.05, 4.69) is 10.6 Å². The van der Waals surface area contributed by atoms with Gasteiger partial charge in [0.05, 0.1) is 28.4 Å². The van der Waals surface area contributed by atoms with Crippen molar-refractivity contribution in [1.82, 2.24) is 21.3 Å². The van der Waals surface area contributed by atoms with Crippen molar-refractivity contribution >= 4 is 47.0 Å². The van der Waals surface area contributed by atoms with Crippen LogP contribution >= 0.6 is 0 Å². The number of urea groups is 2. The molecular formula is C30H30N4O11. The van der Waals surface area contributed by atoms with E-state index in [0.29, 0.717) is 47.8 Å². The van der Waals surface area contributed by atoms with Crippen LogP contribution in [0.25, 0.3) is 5.57 Å². The topological polar surface area (TPSA) is 205 Å². The van der Waals surface area contributed by atoms with E-state index in [1.54, 1.807) is 33.5 Å². The number of hydrogen-bond acceptors (Lipinski definition) is 11. The quantitative estimate of drug-likeness (QED) is 0.218. The number of benzene rings is 2. The van der Waals surface area contributed by atoms with E-state index < -0.39 is 35.7 Å². The first-order valence-electron chi connectivity index (χ1n) is 13.6. The molecule has 6 rings (SSSR count). The molecule has 2 aromatic rings. The number of nitrogens with one attached hydrogen (secondary N) is 4. The summed E-state index contributed by atoms with van der Waals surface area (Å²) in [6, 6.07) is 5.70. The molecule has 2 aliphatic carbocycles. The van der Waals surface area contributed by atoms with Crippen LogP contribution in [-0.2, 0) is 32.0 Å². The van der Waals surface area contributed by atoms with Crippen LogP contribution in [0, 0.1) is 0 Å². The van der Waals surface area contributed by atoms with Crippen molar-refractivity contribution in [2.45, 2.75) is 32.1 Å². The van der Waals surface area contributed by atoms with Crippen molar-refractivity contribution in [3.63, 3.8) is 0 Å². The van der Waals surface area contributed by atoms with Crippen LogP contribution in [0.5, 0.6) is 23.0 Å². The average Bonchev–Trinajstić information content (AvgIpc) is 3.57. The van der Waals surface area contributed by atoms with Crippen LogP contribution in [0.1, 0.15) is 46.3 Å². The first-order chi connectivity index (χ1) is 21.5. The monoisotopic (exact) mass is 622 g/mol. The summed E-state index contributed by atoms with van der Waals surface area (Å²) in [6.45, 7) is 0. The van der Waals surface area contributed by atoms with E-state index >= 15 is 0 Å². The molecule has 0 unspecified atom stereocenters. The van der Waals surface area contributed by atoms with Gasteiger partial charge in [0.2, 0.25) is 11.8 Å². The molecule has 0 atom stereocenters. The van der Waals surface area contributed by atoms with Gasteiger partial charge in [0.1, 0.15) is 12.0 Å². The third kappa shape index (κ3) is 7.09. The zero-order chi connectivity index (χ0) is 32.8. The maximum atomic E-state index is 12.0. The number of ketones is 1. The van der Waals surface area contributed by atoms with Gasteiger partial charge in [-0.15, -0.1) is 0 Å². The van der Waals surface area contributed by atoms with Crippen molar-refractivity contribution in [2.24, 2.45) is 0 Å². The number of fused-ring (bicyclic) bond motifs is 2. The minimum atomic E-state index is -0.801. The van der Waals surface area contributed by atoms with Crippen LogP contribution in [0.2, 0.25) is 0 Å². The Hall–Kier alpha value is -5.73. The molecule has 0 spiro atoms. The van der Waals surface area contributed by atoms with Crippen molar-refractivity contribution in [2.75, 3.05) is 28.4 Å². The minimum Gasteiger partial charge on any atom is -0.493 e. The number of Topliss-reactive ketones (excluding diaryl/α,β-unsaturated/α-hetero) is 1. The number of ether oxygens (including phenoxy) is 4. The number of carbonyl (C=O) groups is 7. The van der Waals surface area contributed by atoms with Crippen molar-refractivity contribution in [3.8, 4) is 23.0 Å². The van der Waals surface area contributed by atoms with Crippen LogP contribution in [-0.4, -0.2) is 69.9 Å². The largest absolute Gasteiger partial charge is 0.493 e. The Morgan fingerprint density at radius 3 is 1.42 bits per heavy atom. The van der Waals surface area contributed by atoms with Crippen LogP contribution in [0.15, 0.2) is 29.8 Å². The lowest BCUT2D eigenvalue weighted by atomic mass is 9.99. The predicted octanol–water partition coefficient (Wildman–Crippen LogP) is 1.34. The highest BCUT2D eigenvalue weighted by Crippen LogP contribution is 2.41. The molecule has 8 amide bonds. The predicted molar refractivity (Wildman–Crippen MR) is 155 cm³/mol. The molecule has 0 bridgehead atoms. The number of barbiturate groups is 2. The lowest BCUT2D eigenvalue weighted by Crippen LogP contribution is -2.51. The number of hydrogen-bond donors (Lipinski definition) is 4. The first kappa shape index (κ1) is 32.2. The molecule has 2 aliphatic heterocycles. The summed E-state index contributed by atoms with van der Waals surface area (Å²) in [6.07, 6.45) is 2.38. The smallest absolute Gasteiger partial charge is 0.328 e. The number of aryl methyl sites for hydroxylation is 2. The molecule has 15 nitrogen and oxygen atoms in total. The Labute approximate surface area is 256 Å². The number of methoxy groups -OCH3 is 4. The molecule has 0 aromatic heterocycles. The van der Waals surface area contributed by atoms with Gasteiger partial charge in [0, 0.05) is 12.0 Å². The molecule has 2 aromatic carbocycles. The van der Waals surface area contributed by atoms with Crippen LogP contribution in [0.3, 0.4) is 0 Å². The van der Waals surface area contributed by atoms with Gasteiger partial charge in [-0.05, 0) is 65.8 Å². The molecule has 2 fully saturated rings. The maximum Gasteiger partial charge on any atom is 0.328 e. The second kappa shape index (κ2) is 13.7. The summed E-state index contributed by atoms with van der Waals surface area (Å²) < 4.78 is 20.8. The molecule has 4 aliphatic rings. The molecular weight excluding hydrogens is 592 g/mol. The number of rotatable bonds is 4. The highest BCUT2D eigenvalue weighted by atomic mass is 16.5. The van der Waals surface area contributed by atoms with Crippen LogP contribution in [0.4, 0.5) is 9.59 Å². The second-order valence-electron chi connectivity index (χ2n) is 9.85. The highest BCUT2D eigenvalue weighted by molar-refractivity contribution is 6.32. The first-order valence-corrected chi connectivity index (χ1v) is 13.6. The molecule has 45 heavy (non-hydrogen) atoms. The molecule has 236 valence electrons. The van der Waals surface area contributed by atoms with E-state index in [-0.39, 0.29) is 17.8 Å². The van der Waals surface area contributed by atoms with Crippen molar-refractivity contribution in [1.29, 1.82) is 0 Å². The van der Waals surface area contributed by atoms with Gasteiger partial charge in [0.25, 0.3) is 11.8 Å². The molecule has 4 N–H and O–H groups in total. The fraction of sp³-hybridized carbons (Fsp3) is 0.300. The number of allylic oxidation sites excluding steroid dienone is 1. The summed E-state index contributed by atoms with van der Waals surface area (Å²) in [5.41, 5.74) is 4.17. The van der Waals surface area contributed by atoms with Crippen molar-refractivity contribution in [3.05, 3.63) is 52.1 Å². The summed E-state index contributed by atoms with van der Waals surface area (Å²) >= 11 is 0. The zero-order valence-electron chi connectivity index (χ0n) is 24.8. The summed E-state index contributed by atoms with van der Waals surface area (Å²) in [5.74, 6) is 0.183. The third-order valence-electron chi connectivity index (χ3n) is 7.15. The van der Waals surface area contributed by atoms with E-state index in [1.165, 1.54) is 7.11 Å². The van der Waals surface area contributed by atoms with Gasteiger partial charge in [-0.25, -0.2) is 9.59 Å². The van der Waals surface area contributed by atoms with Gasteiger partial charge in [0.15, 0.2) is 28.8 Å². The number of carbonyl (C=O) groups excluding carboxylic acids is 7. The molecule has 2 saturated heterocycles. The van der Waals surface area contributed by atoms with E-state index in [1.807, 2.05) is 22.8 Å². The summed E-state index contributed by atoms with van der Waals surface area (Å²) in [5, 5.41) is 7.99. The zero-order valence-corrected chi connectivity index (χ0v) is 24.8. The Bertz CT molecular complexity index is 1590. The van der Waals surface area contributed by atoms with Gasteiger partial charge in [-0.2, -0.15) is 0 Å². The fourth-order valence-electron chi connectivity index (χ4n) is 5.09. The van der Waals surface area contributed by atoms with Crippen LogP contribution < -0.4 is 40.2 Å². The number of amides is 8. The molecule has 15 heteroatoms. The Balaban J connectivity index is 0.000000171. The normalized spacial score (nSPS) is 16.5. The molecule has 0 saturated carbocycles. The molecule has 2 heterocycles. The van der Waals surface area contributed by atoms with Gasteiger partial charge in [-0.1, -0.05) is 0 Å².